The molecule has 0 radical (unpaired) electrons. The predicted octanol–water partition coefficient (Wildman–Crippen LogP) is 3.85. The average molecular weight is 270 g/mol. The number of rotatable bonds is 4. The smallest absolute Gasteiger partial charge is 0.0956 e. The maximum Gasteiger partial charge on any atom is 0.0956 e. The van der Waals surface area contributed by atoms with Gasteiger partial charge >= 0.3 is 0 Å². The summed E-state index contributed by atoms with van der Waals surface area (Å²) in [5.74, 6) is 0. The van der Waals surface area contributed by atoms with Gasteiger partial charge in [-0.1, -0.05) is 37.6 Å². The van der Waals surface area contributed by atoms with Gasteiger partial charge in [0.2, 0.25) is 0 Å². The lowest BCUT2D eigenvalue weighted by Gasteiger charge is -2.22. The van der Waals surface area contributed by atoms with Gasteiger partial charge in [0, 0.05) is 31.0 Å². The van der Waals surface area contributed by atoms with E-state index in [-0.39, 0.29) is 0 Å². The lowest BCUT2D eigenvalue weighted by atomic mass is 10.1. The molecule has 0 amide bonds. The highest BCUT2D eigenvalue weighted by molar-refractivity contribution is 5.58. The Balaban J connectivity index is 1.75. The van der Waals surface area contributed by atoms with Crippen molar-refractivity contribution in [2.24, 2.45) is 0 Å². The maximum absolute atomic E-state index is 5.42. The van der Waals surface area contributed by atoms with Crippen LogP contribution in [0, 0.1) is 0 Å². The third kappa shape index (κ3) is 2.93. The van der Waals surface area contributed by atoms with Crippen molar-refractivity contribution in [2.45, 2.75) is 38.6 Å². The van der Waals surface area contributed by atoms with Crippen LogP contribution < -0.4 is 0 Å². The number of imidazole rings is 1. The van der Waals surface area contributed by atoms with Crippen LogP contribution in [0.25, 0.3) is 11.3 Å². The number of hydrogen-bond acceptors (Lipinski definition) is 2. The number of nitrogens with zero attached hydrogens (tertiary/aromatic N) is 2. The third-order valence-electron chi connectivity index (χ3n) is 4.00. The van der Waals surface area contributed by atoms with E-state index in [9.17, 15) is 0 Å². The van der Waals surface area contributed by atoms with E-state index < -0.39 is 0 Å². The van der Waals surface area contributed by atoms with Crippen molar-refractivity contribution in [3.8, 4) is 11.3 Å². The zero-order valence-electron chi connectivity index (χ0n) is 12.1. The summed E-state index contributed by atoms with van der Waals surface area (Å²) in [6, 6.07) is 9.34. The van der Waals surface area contributed by atoms with Crippen molar-refractivity contribution >= 4 is 0 Å². The normalized spacial score (nSPS) is 16.4. The van der Waals surface area contributed by atoms with E-state index in [4.69, 9.17) is 4.74 Å². The van der Waals surface area contributed by atoms with E-state index in [0.29, 0.717) is 6.04 Å². The van der Waals surface area contributed by atoms with Crippen LogP contribution in [0.4, 0.5) is 0 Å². The fraction of sp³-hybridized carbons (Fsp3) is 0.471. The second-order valence-corrected chi connectivity index (χ2v) is 5.50. The maximum atomic E-state index is 5.42. The quantitative estimate of drug-likeness (QED) is 0.843. The largest absolute Gasteiger partial charge is 0.381 e. The Bertz CT molecular complexity index is 538. The first-order chi connectivity index (χ1) is 9.86. The van der Waals surface area contributed by atoms with Crippen LogP contribution >= 0.6 is 0 Å². The molecule has 3 rings (SSSR count). The van der Waals surface area contributed by atoms with Crippen LogP contribution in [0.2, 0.25) is 0 Å². The lowest BCUT2D eigenvalue weighted by molar-refractivity contribution is 0.0696. The van der Waals surface area contributed by atoms with E-state index in [0.717, 1.165) is 38.2 Å². The van der Waals surface area contributed by atoms with E-state index in [1.165, 1.54) is 17.5 Å². The highest BCUT2D eigenvalue weighted by Crippen LogP contribution is 2.24. The average Bonchev–Trinajstić information content (AvgIpc) is 2.99. The molecule has 1 aromatic heterocycles. The molecule has 3 nitrogen and oxygen atoms in total. The molecule has 3 heteroatoms. The van der Waals surface area contributed by atoms with E-state index >= 15 is 0 Å². The summed E-state index contributed by atoms with van der Waals surface area (Å²) in [6.07, 6.45) is 8.65. The van der Waals surface area contributed by atoms with Crippen molar-refractivity contribution in [3.05, 3.63) is 42.4 Å². The van der Waals surface area contributed by atoms with Gasteiger partial charge in [-0.25, -0.2) is 4.98 Å². The highest BCUT2D eigenvalue weighted by Gasteiger charge is 2.16. The van der Waals surface area contributed by atoms with Crippen LogP contribution in [-0.2, 0) is 11.2 Å². The molecule has 0 saturated carbocycles. The molecule has 0 unspecified atom stereocenters. The Morgan fingerprint density at radius 1 is 1.20 bits per heavy atom. The van der Waals surface area contributed by atoms with Gasteiger partial charge in [-0.3, -0.25) is 0 Å². The van der Waals surface area contributed by atoms with Crippen LogP contribution in [0.3, 0.4) is 0 Å². The van der Waals surface area contributed by atoms with E-state index in [1.807, 2.05) is 6.33 Å². The van der Waals surface area contributed by atoms with E-state index in [1.54, 1.807) is 0 Å². The van der Waals surface area contributed by atoms with Gasteiger partial charge in [0.05, 0.1) is 12.0 Å². The standard InChI is InChI=1S/C17H22N2O/c1-2-3-14-4-6-15(7-5-14)17-12-19(13-18-17)16-8-10-20-11-9-16/h4-7,12-13,16H,2-3,8-11H2,1H3. The zero-order valence-corrected chi connectivity index (χ0v) is 12.1. The van der Waals surface area contributed by atoms with Gasteiger partial charge in [0.25, 0.3) is 0 Å². The molecule has 0 N–H and O–H groups in total. The van der Waals surface area contributed by atoms with Crippen LogP contribution in [0.1, 0.15) is 37.8 Å². The number of benzene rings is 1. The van der Waals surface area contributed by atoms with Gasteiger partial charge in [0.15, 0.2) is 0 Å². The molecule has 0 bridgehead atoms. The van der Waals surface area contributed by atoms with Crippen LogP contribution in [0.15, 0.2) is 36.8 Å². The molecule has 2 heterocycles. The SMILES string of the molecule is CCCc1ccc(-c2cn(C3CCOCC3)cn2)cc1. The summed E-state index contributed by atoms with van der Waals surface area (Å²) in [5, 5.41) is 0. The second kappa shape index (κ2) is 6.23. The molecule has 20 heavy (non-hydrogen) atoms. The predicted molar refractivity (Wildman–Crippen MR) is 80.7 cm³/mol. The van der Waals surface area contributed by atoms with Crippen LogP contribution in [0.5, 0.6) is 0 Å². The summed E-state index contributed by atoms with van der Waals surface area (Å²) in [7, 11) is 0. The van der Waals surface area contributed by atoms with Gasteiger partial charge < -0.3 is 9.30 Å². The highest BCUT2D eigenvalue weighted by atomic mass is 16.5. The Morgan fingerprint density at radius 3 is 2.65 bits per heavy atom. The lowest BCUT2D eigenvalue weighted by Crippen LogP contribution is -2.18. The molecular formula is C17H22N2O. The molecule has 1 saturated heterocycles. The number of ether oxygens (including phenoxy) is 1. The zero-order chi connectivity index (χ0) is 13.8. The minimum atomic E-state index is 0.546. The van der Waals surface area contributed by atoms with Gasteiger partial charge in [0.1, 0.15) is 0 Å². The van der Waals surface area contributed by atoms with Gasteiger partial charge in [-0.2, -0.15) is 0 Å². The molecule has 1 aliphatic rings. The Labute approximate surface area is 120 Å². The molecule has 0 aliphatic carbocycles. The van der Waals surface area contributed by atoms with Crippen molar-refractivity contribution in [2.75, 3.05) is 13.2 Å². The Morgan fingerprint density at radius 2 is 1.95 bits per heavy atom. The first-order valence-electron chi connectivity index (χ1n) is 7.57. The molecule has 1 aliphatic heterocycles. The Hall–Kier alpha value is -1.61. The van der Waals surface area contributed by atoms with E-state index in [2.05, 4.69) is 46.9 Å². The minimum absolute atomic E-state index is 0.546. The number of aromatic nitrogens is 2. The Kier molecular flexibility index (Phi) is 4.16. The fourth-order valence-electron chi connectivity index (χ4n) is 2.80. The van der Waals surface area contributed by atoms with Crippen molar-refractivity contribution < 1.29 is 4.74 Å². The van der Waals surface area contributed by atoms with Crippen LogP contribution in [-0.4, -0.2) is 22.8 Å². The molecule has 1 fully saturated rings. The molecule has 0 spiro atoms. The summed E-state index contributed by atoms with van der Waals surface area (Å²) in [6.45, 7) is 3.94. The topological polar surface area (TPSA) is 27.1 Å². The van der Waals surface area contributed by atoms with Gasteiger partial charge in [-0.05, 0) is 24.8 Å². The monoisotopic (exact) mass is 270 g/mol. The summed E-state index contributed by atoms with van der Waals surface area (Å²) in [4.78, 5) is 4.56. The molecule has 1 aromatic carbocycles. The van der Waals surface area contributed by atoms with Crippen molar-refractivity contribution in [1.82, 2.24) is 9.55 Å². The summed E-state index contributed by atoms with van der Waals surface area (Å²) >= 11 is 0. The first kappa shape index (κ1) is 13.4. The van der Waals surface area contributed by atoms with Crippen molar-refractivity contribution in [3.63, 3.8) is 0 Å². The summed E-state index contributed by atoms with van der Waals surface area (Å²) < 4.78 is 7.66. The molecule has 0 atom stereocenters. The third-order valence-corrected chi connectivity index (χ3v) is 4.00. The number of hydrogen-bond donors (Lipinski definition) is 0. The summed E-state index contributed by atoms with van der Waals surface area (Å²) in [5.41, 5.74) is 3.68. The van der Waals surface area contributed by atoms with Crippen molar-refractivity contribution in [1.29, 1.82) is 0 Å². The first-order valence-corrected chi connectivity index (χ1v) is 7.57. The molecule has 106 valence electrons. The molecule has 2 aromatic rings. The second-order valence-electron chi connectivity index (χ2n) is 5.50. The van der Waals surface area contributed by atoms with Gasteiger partial charge in [-0.15, -0.1) is 0 Å². The number of aryl methyl sites for hydroxylation is 1. The fourth-order valence-corrected chi connectivity index (χ4v) is 2.80. The minimum Gasteiger partial charge on any atom is -0.381 e. The molecular weight excluding hydrogens is 248 g/mol.